The van der Waals surface area contributed by atoms with E-state index in [4.69, 9.17) is 16.3 Å². The Morgan fingerprint density at radius 1 is 1.10 bits per heavy atom. The zero-order valence-corrected chi connectivity index (χ0v) is 17.1. The molecule has 3 saturated carbocycles. The van der Waals surface area contributed by atoms with Gasteiger partial charge in [-0.25, -0.2) is 8.78 Å². The van der Waals surface area contributed by atoms with Crippen LogP contribution in [0.5, 0.6) is 5.75 Å². The van der Waals surface area contributed by atoms with Crippen molar-refractivity contribution in [2.45, 2.75) is 38.3 Å². The molecular formula is C22H21ClF2N2O3. The topological polar surface area (TPSA) is 67.4 Å². The molecule has 0 heterocycles. The van der Waals surface area contributed by atoms with Gasteiger partial charge in [-0.1, -0.05) is 23.7 Å². The summed E-state index contributed by atoms with van der Waals surface area (Å²) in [5, 5.41) is 5.76. The lowest BCUT2D eigenvalue weighted by atomic mass is 9.39. The molecule has 8 heteroatoms. The standard InChI is InChI=1S/C22H21ClF2N2O3/c1-13-2-3-14(6-17(13)24)8-26-20(29)21-10-22(11-21,12-21)27-19(28)9-30-15-4-5-16(23)18(25)7-15/h2-7H,8-12H2,1H3,(H,26,29)(H,27,28). The van der Waals surface area contributed by atoms with Crippen LogP contribution in [0.15, 0.2) is 36.4 Å². The molecule has 3 aliphatic rings. The summed E-state index contributed by atoms with van der Waals surface area (Å²) in [5.74, 6) is -1.09. The lowest BCUT2D eigenvalue weighted by Gasteiger charge is -2.69. The summed E-state index contributed by atoms with van der Waals surface area (Å²) in [6.45, 7) is 1.70. The van der Waals surface area contributed by atoms with Crippen molar-refractivity contribution >= 4 is 23.4 Å². The fourth-order valence-corrected chi connectivity index (χ4v) is 4.44. The van der Waals surface area contributed by atoms with Gasteiger partial charge in [0.1, 0.15) is 17.4 Å². The molecule has 0 spiro atoms. The van der Waals surface area contributed by atoms with Crippen LogP contribution in [-0.4, -0.2) is 24.0 Å². The van der Waals surface area contributed by atoms with Crippen LogP contribution >= 0.6 is 11.6 Å². The molecule has 5 rings (SSSR count). The Balaban J connectivity index is 1.22. The van der Waals surface area contributed by atoms with Gasteiger partial charge in [-0.2, -0.15) is 0 Å². The molecular weight excluding hydrogens is 414 g/mol. The Bertz CT molecular complexity index is 1010. The second-order valence-corrected chi connectivity index (χ2v) is 8.68. The van der Waals surface area contributed by atoms with Gasteiger partial charge in [0, 0.05) is 18.2 Å². The highest BCUT2D eigenvalue weighted by molar-refractivity contribution is 6.30. The van der Waals surface area contributed by atoms with E-state index in [0.29, 0.717) is 30.4 Å². The van der Waals surface area contributed by atoms with Gasteiger partial charge in [0.2, 0.25) is 5.91 Å². The number of rotatable bonds is 7. The van der Waals surface area contributed by atoms with E-state index in [2.05, 4.69) is 10.6 Å². The minimum absolute atomic E-state index is 0.0169. The number of amides is 2. The molecule has 2 bridgehead atoms. The van der Waals surface area contributed by atoms with Gasteiger partial charge in [-0.3, -0.25) is 9.59 Å². The van der Waals surface area contributed by atoms with E-state index in [9.17, 15) is 18.4 Å². The van der Waals surface area contributed by atoms with Crippen molar-refractivity contribution in [3.63, 3.8) is 0 Å². The molecule has 30 heavy (non-hydrogen) atoms. The van der Waals surface area contributed by atoms with Gasteiger partial charge >= 0.3 is 0 Å². The van der Waals surface area contributed by atoms with Gasteiger partial charge in [0.25, 0.3) is 5.91 Å². The van der Waals surface area contributed by atoms with Gasteiger partial charge in [0.15, 0.2) is 6.61 Å². The molecule has 0 saturated heterocycles. The molecule has 0 aliphatic heterocycles. The van der Waals surface area contributed by atoms with E-state index in [1.165, 1.54) is 18.2 Å². The molecule has 2 amide bonds. The van der Waals surface area contributed by atoms with E-state index in [1.807, 2.05) is 0 Å². The third-order valence-electron chi connectivity index (χ3n) is 5.87. The molecule has 0 aromatic heterocycles. The summed E-state index contributed by atoms with van der Waals surface area (Å²) < 4.78 is 32.3. The zero-order valence-electron chi connectivity index (χ0n) is 16.4. The molecule has 2 N–H and O–H groups in total. The first kappa shape index (κ1) is 20.6. The van der Waals surface area contributed by atoms with Crippen molar-refractivity contribution in [2.75, 3.05) is 6.61 Å². The van der Waals surface area contributed by atoms with E-state index >= 15 is 0 Å². The van der Waals surface area contributed by atoms with Gasteiger partial charge in [-0.05, 0) is 55.5 Å². The van der Waals surface area contributed by atoms with Crippen molar-refractivity contribution in [3.8, 4) is 5.75 Å². The number of carbonyl (C=O) groups excluding carboxylic acids is 2. The minimum Gasteiger partial charge on any atom is -0.484 e. The number of aryl methyl sites for hydroxylation is 1. The first-order valence-corrected chi connectivity index (χ1v) is 10.0. The quantitative estimate of drug-likeness (QED) is 0.699. The highest BCUT2D eigenvalue weighted by Gasteiger charge is 2.72. The fraction of sp³-hybridized carbons (Fsp3) is 0.364. The number of carbonyl (C=O) groups is 2. The van der Waals surface area contributed by atoms with Crippen molar-refractivity contribution in [1.29, 1.82) is 0 Å². The van der Waals surface area contributed by atoms with E-state index in [1.54, 1.807) is 19.1 Å². The molecule has 0 atom stereocenters. The largest absolute Gasteiger partial charge is 0.484 e. The second-order valence-electron chi connectivity index (χ2n) is 8.27. The highest BCUT2D eigenvalue weighted by atomic mass is 35.5. The van der Waals surface area contributed by atoms with Crippen molar-refractivity contribution in [2.24, 2.45) is 5.41 Å². The molecule has 0 unspecified atom stereocenters. The van der Waals surface area contributed by atoms with Crippen LogP contribution < -0.4 is 15.4 Å². The number of hydrogen-bond acceptors (Lipinski definition) is 3. The SMILES string of the molecule is Cc1ccc(CNC(=O)C23CC(NC(=O)COc4ccc(Cl)c(F)c4)(C2)C3)cc1F. The molecule has 5 nitrogen and oxygen atoms in total. The predicted molar refractivity (Wildman–Crippen MR) is 107 cm³/mol. The number of nitrogens with one attached hydrogen (secondary N) is 2. The Kier molecular flexibility index (Phi) is 5.18. The molecule has 2 aromatic carbocycles. The van der Waals surface area contributed by atoms with Crippen molar-refractivity contribution in [3.05, 3.63) is 64.2 Å². The third-order valence-corrected chi connectivity index (χ3v) is 6.17. The number of benzene rings is 2. The first-order chi connectivity index (χ1) is 14.2. The molecule has 3 aliphatic carbocycles. The average Bonchev–Trinajstić information content (AvgIpc) is 2.65. The Morgan fingerprint density at radius 3 is 2.50 bits per heavy atom. The number of ether oxygens (including phenoxy) is 1. The Hall–Kier alpha value is -2.67. The summed E-state index contributed by atoms with van der Waals surface area (Å²) in [7, 11) is 0. The smallest absolute Gasteiger partial charge is 0.258 e. The maximum Gasteiger partial charge on any atom is 0.258 e. The maximum absolute atomic E-state index is 13.6. The van der Waals surface area contributed by atoms with Crippen LogP contribution in [0.3, 0.4) is 0 Å². The molecule has 3 fully saturated rings. The van der Waals surface area contributed by atoms with Gasteiger partial charge in [-0.15, -0.1) is 0 Å². The number of hydrogen-bond donors (Lipinski definition) is 2. The van der Waals surface area contributed by atoms with Gasteiger partial charge in [0.05, 0.1) is 10.4 Å². The maximum atomic E-state index is 13.6. The van der Waals surface area contributed by atoms with Crippen molar-refractivity contribution < 1.29 is 23.1 Å². The minimum atomic E-state index is -0.615. The summed E-state index contributed by atoms with van der Waals surface area (Å²) >= 11 is 5.61. The molecule has 2 aromatic rings. The Labute approximate surface area is 177 Å². The van der Waals surface area contributed by atoms with E-state index in [-0.39, 0.29) is 47.1 Å². The second kappa shape index (κ2) is 7.54. The molecule has 0 radical (unpaired) electrons. The van der Waals surface area contributed by atoms with E-state index in [0.717, 1.165) is 6.07 Å². The summed E-state index contributed by atoms with van der Waals surface area (Å²) in [4.78, 5) is 24.7. The number of halogens is 3. The lowest BCUT2D eigenvalue weighted by molar-refractivity contribution is -0.184. The lowest BCUT2D eigenvalue weighted by Crippen LogP contribution is -2.78. The first-order valence-electron chi connectivity index (χ1n) is 9.63. The fourth-order valence-electron chi connectivity index (χ4n) is 4.32. The normalized spacial score (nSPS) is 23.7. The summed E-state index contributed by atoms with van der Waals surface area (Å²) in [6, 6.07) is 8.86. The van der Waals surface area contributed by atoms with Crippen LogP contribution in [0, 0.1) is 24.0 Å². The third kappa shape index (κ3) is 3.86. The van der Waals surface area contributed by atoms with E-state index < -0.39 is 11.2 Å². The van der Waals surface area contributed by atoms with Crippen LogP contribution in [0.4, 0.5) is 8.78 Å². The van der Waals surface area contributed by atoms with Crippen LogP contribution in [0.1, 0.15) is 30.4 Å². The van der Waals surface area contributed by atoms with Crippen molar-refractivity contribution in [1.82, 2.24) is 10.6 Å². The predicted octanol–water partition coefficient (Wildman–Crippen LogP) is 3.66. The summed E-state index contributed by atoms with van der Waals surface area (Å²) in [6.07, 6.45) is 1.69. The zero-order chi connectivity index (χ0) is 21.5. The summed E-state index contributed by atoms with van der Waals surface area (Å²) in [5.41, 5.74) is 0.430. The average molecular weight is 435 g/mol. The van der Waals surface area contributed by atoms with Crippen LogP contribution in [-0.2, 0) is 16.1 Å². The van der Waals surface area contributed by atoms with Crippen LogP contribution in [0.25, 0.3) is 0 Å². The van der Waals surface area contributed by atoms with Crippen LogP contribution in [0.2, 0.25) is 5.02 Å². The van der Waals surface area contributed by atoms with Gasteiger partial charge < -0.3 is 15.4 Å². The Morgan fingerprint density at radius 2 is 1.83 bits per heavy atom. The molecule has 158 valence electrons. The monoisotopic (exact) mass is 434 g/mol. The highest BCUT2D eigenvalue weighted by Crippen LogP contribution is 2.67.